The second-order valence-electron chi connectivity index (χ2n) is 6.88. The Kier molecular flexibility index (Phi) is 8.74. The van der Waals surface area contributed by atoms with Crippen LogP contribution < -0.4 is 16.4 Å². The Morgan fingerprint density at radius 3 is 2.46 bits per heavy atom. The van der Waals surface area contributed by atoms with E-state index < -0.39 is 0 Å². The zero-order valence-electron chi connectivity index (χ0n) is 14.9. The van der Waals surface area contributed by atoms with Gasteiger partial charge in [-0.1, -0.05) is 56.5 Å². The molecule has 2 atom stereocenters. The minimum Gasteiger partial charge on any atom is -0.353 e. The molecule has 4 N–H and O–H groups in total. The predicted octanol–water partition coefficient (Wildman–Crippen LogP) is 3.32. The monoisotopic (exact) mass is 353 g/mol. The third-order valence-corrected chi connectivity index (χ3v) is 4.92. The SMILES string of the molecule is CCCC(N)C(=O)NCC1(NC(C)c2ccccc2)CCCC1.Cl. The highest BCUT2D eigenvalue weighted by atomic mass is 35.5. The Hall–Kier alpha value is -1.10. The fraction of sp³-hybridized carbons (Fsp3) is 0.632. The van der Waals surface area contributed by atoms with Crippen molar-refractivity contribution in [2.45, 2.75) is 70.0 Å². The van der Waals surface area contributed by atoms with Crippen LogP contribution in [0.3, 0.4) is 0 Å². The third kappa shape index (κ3) is 5.76. The van der Waals surface area contributed by atoms with Gasteiger partial charge in [0.15, 0.2) is 0 Å². The minimum atomic E-state index is -0.384. The van der Waals surface area contributed by atoms with Gasteiger partial charge in [-0.05, 0) is 31.7 Å². The highest BCUT2D eigenvalue weighted by Crippen LogP contribution is 2.31. The van der Waals surface area contributed by atoms with Gasteiger partial charge < -0.3 is 16.4 Å². The van der Waals surface area contributed by atoms with Gasteiger partial charge in [0.1, 0.15) is 0 Å². The van der Waals surface area contributed by atoms with Gasteiger partial charge in [-0.15, -0.1) is 12.4 Å². The number of rotatable bonds is 8. The van der Waals surface area contributed by atoms with E-state index in [9.17, 15) is 4.79 Å². The summed E-state index contributed by atoms with van der Waals surface area (Å²) in [6.07, 6.45) is 6.31. The highest BCUT2D eigenvalue weighted by Gasteiger charge is 2.35. The van der Waals surface area contributed by atoms with Crippen LogP contribution in [0, 0.1) is 0 Å². The molecule has 24 heavy (non-hydrogen) atoms. The van der Waals surface area contributed by atoms with E-state index in [0.717, 1.165) is 25.7 Å². The van der Waals surface area contributed by atoms with E-state index in [1.54, 1.807) is 0 Å². The maximum Gasteiger partial charge on any atom is 0.236 e. The number of hydrogen-bond donors (Lipinski definition) is 3. The number of halogens is 1. The Bertz CT molecular complexity index is 489. The van der Waals surface area contributed by atoms with Gasteiger partial charge >= 0.3 is 0 Å². The molecular formula is C19H32ClN3O. The quantitative estimate of drug-likeness (QED) is 0.671. The molecule has 4 nitrogen and oxygen atoms in total. The smallest absolute Gasteiger partial charge is 0.236 e. The molecule has 0 aromatic heterocycles. The normalized spacial score (nSPS) is 18.5. The van der Waals surface area contributed by atoms with Gasteiger partial charge in [-0.2, -0.15) is 0 Å². The van der Waals surface area contributed by atoms with Crippen LogP contribution in [0.2, 0.25) is 0 Å². The fourth-order valence-electron chi connectivity index (χ4n) is 3.54. The summed E-state index contributed by atoms with van der Waals surface area (Å²) in [6, 6.07) is 10.4. The van der Waals surface area contributed by atoms with Crippen molar-refractivity contribution in [3.63, 3.8) is 0 Å². The number of amides is 1. The topological polar surface area (TPSA) is 67.2 Å². The molecule has 1 aliphatic rings. The summed E-state index contributed by atoms with van der Waals surface area (Å²) in [6.45, 7) is 4.91. The van der Waals surface area contributed by atoms with Crippen molar-refractivity contribution < 1.29 is 4.79 Å². The molecule has 2 unspecified atom stereocenters. The lowest BCUT2D eigenvalue weighted by molar-refractivity contribution is -0.122. The molecule has 0 aliphatic heterocycles. The van der Waals surface area contributed by atoms with Crippen LogP contribution in [0.15, 0.2) is 30.3 Å². The second kappa shape index (κ2) is 10.0. The third-order valence-electron chi connectivity index (χ3n) is 4.92. The molecule has 0 spiro atoms. The number of benzene rings is 1. The van der Waals surface area contributed by atoms with Crippen LogP contribution in [-0.4, -0.2) is 24.0 Å². The van der Waals surface area contributed by atoms with Gasteiger partial charge in [0, 0.05) is 18.1 Å². The maximum absolute atomic E-state index is 12.1. The highest BCUT2D eigenvalue weighted by molar-refractivity contribution is 5.85. The van der Waals surface area contributed by atoms with E-state index in [4.69, 9.17) is 5.73 Å². The van der Waals surface area contributed by atoms with Crippen LogP contribution in [-0.2, 0) is 4.79 Å². The lowest BCUT2D eigenvalue weighted by Crippen LogP contribution is -2.54. The molecule has 1 aliphatic carbocycles. The predicted molar refractivity (Wildman–Crippen MR) is 102 cm³/mol. The summed E-state index contributed by atoms with van der Waals surface area (Å²) < 4.78 is 0. The first-order valence-corrected chi connectivity index (χ1v) is 8.92. The number of nitrogens with one attached hydrogen (secondary N) is 2. The molecule has 1 aromatic carbocycles. The van der Waals surface area contributed by atoms with Gasteiger partial charge in [0.2, 0.25) is 5.91 Å². The molecule has 1 aromatic rings. The van der Waals surface area contributed by atoms with Gasteiger partial charge in [0.25, 0.3) is 0 Å². The van der Waals surface area contributed by atoms with Crippen molar-refractivity contribution in [3.8, 4) is 0 Å². The standard InChI is InChI=1S/C19H31N3O.ClH/c1-3-9-17(20)18(23)21-14-19(12-7-8-13-19)22-15(2)16-10-5-4-6-11-16;/h4-6,10-11,15,17,22H,3,7-9,12-14,20H2,1-2H3,(H,21,23);1H. The second-order valence-corrected chi connectivity index (χ2v) is 6.88. The molecular weight excluding hydrogens is 322 g/mol. The zero-order chi connectivity index (χ0) is 16.7. The Morgan fingerprint density at radius 1 is 1.25 bits per heavy atom. The summed E-state index contributed by atoms with van der Waals surface area (Å²) in [7, 11) is 0. The first kappa shape index (κ1) is 20.9. The molecule has 2 rings (SSSR count). The van der Waals surface area contributed by atoms with E-state index in [-0.39, 0.29) is 35.9 Å². The average molecular weight is 354 g/mol. The number of carbonyl (C=O) groups excluding carboxylic acids is 1. The van der Waals surface area contributed by atoms with Crippen molar-refractivity contribution in [1.82, 2.24) is 10.6 Å². The number of hydrogen-bond acceptors (Lipinski definition) is 3. The van der Waals surface area contributed by atoms with Gasteiger partial charge in [0.05, 0.1) is 6.04 Å². The molecule has 5 heteroatoms. The van der Waals surface area contributed by atoms with Crippen molar-refractivity contribution in [1.29, 1.82) is 0 Å². The van der Waals surface area contributed by atoms with Crippen molar-refractivity contribution in [3.05, 3.63) is 35.9 Å². The number of carbonyl (C=O) groups is 1. The Balaban J connectivity index is 0.00000288. The van der Waals surface area contributed by atoms with Crippen LogP contribution in [0.25, 0.3) is 0 Å². The summed E-state index contributed by atoms with van der Waals surface area (Å²) in [4.78, 5) is 12.1. The van der Waals surface area contributed by atoms with E-state index in [0.29, 0.717) is 6.54 Å². The lowest BCUT2D eigenvalue weighted by Gasteiger charge is -2.34. The first-order valence-electron chi connectivity index (χ1n) is 8.92. The minimum absolute atomic E-state index is 0. The van der Waals surface area contributed by atoms with Crippen LogP contribution in [0.4, 0.5) is 0 Å². The van der Waals surface area contributed by atoms with Crippen molar-refractivity contribution in [2.24, 2.45) is 5.73 Å². The van der Waals surface area contributed by atoms with Crippen molar-refractivity contribution in [2.75, 3.05) is 6.54 Å². The molecule has 136 valence electrons. The molecule has 0 bridgehead atoms. The van der Waals surface area contributed by atoms with Crippen molar-refractivity contribution >= 4 is 18.3 Å². The fourth-order valence-corrected chi connectivity index (χ4v) is 3.54. The van der Waals surface area contributed by atoms with Crippen LogP contribution in [0.5, 0.6) is 0 Å². The zero-order valence-corrected chi connectivity index (χ0v) is 15.7. The summed E-state index contributed by atoms with van der Waals surface area (Å²) in [5.41, 5.74) is 7.20. The Labute approximate surface area is 152 Å². The van der Waals surface area contributed by atoms with Gasteiger partial charge in [-0.3, -0.25) is 4.79 Å². The van der Waals surface area contributed by atoms with Crippen LogP contribution >= 0.6 is 12.4 Å². The summed E-state index contributed by atoms with van der Waals surface area (Å²) in [5, 5.41) is 6.86. The summed E-state index contributed by atoms with van der Waals surface area (Å²) >= 11 is 0. The largest absolute Gasteiger partial charge is 0.353 e. The lowest BCUT2D eigenvalue weighted by atomic mass is 9.94. The Morgan fingerprint density at radius 2 is 1.88 bits per heavy atom. The van der Waals surface area contributed by atoms with Gasteiger partial charge in [-0.25, -0.2) is 0 Å². The van der Waals surface area contributed by atoms with E-state index >= 15 is 0 Å². The average Bonchev–Trinajstić information content (AvgIpc) is 3.02. The molecule has 0 radical (unpaired) electrons. The molecule has 1 amide bonds. The van der Waals surface area contributed by atoms with E-state index in [2.05, 4.69) is 48.7 Å². The summed E-state index contributed by atoms with van der Waals surface area (Å²) in [5.74, 6) is -0.0210. The molecule has 1 saturated carbocycles. The molecule has 1 fully saturated rings. The molecule has 0 heterocycles. The van der Waals surface area contributed by atoms with E-state index in [1.807, 2.05) is 6.07 Å². The van der Waals surface area contributed by atoms with E-state index in [1.165, 1.54) is 18.4 Å². The maximum atomic E-state index is 12.1. The van der Waals surface area contributed by atoms with Crippen LogP contribution in [0.1, 0.15) is 64.0 Å². The molecule has 0 saturated heterocycles. The number of nitrogens with two attached hydrogens (primary N) is 1. The first-order chi connectivity index (χ1) is 11.1.